The molecule has 0 unspecified atom stereocenters. The second kappa shape index (κ2) is 5.99. The Morgan fingerprint density at radius 2 is 1.95 bits per heavy atom. The highest BCUT2D eigenvalue weighted by Crippen LogP contribution is 2.30. The van der Waals surface area contributed by atoms with Gasteiger partial charge < -0.3 is 10.6 Å². The smallest absolute Gasteiger partial charge is 0.255 e. The highest BCUT2D eigenvalue weighted by molar-refractivity contribution is 6.44. The molecule has 1 aliphatic rings. The van der Waals surface area contributed by atoms with Crippen LogP contribution >= 0.6 is 23.2 Å². The average molecular weight is 335 g/mol. The van der Waals surface area contributed by atoms with E-state index in [-0.39, 0.29) is 11.8 Å². The number of benzene rings is 2. The Bertz CT molecular complexity index is 775. The molecule has 0 aromatic heterocycles. The van der Waals surface area contributed by atoms with E-state index in [2.05, 4.69) is 10.6 Å². The van der Waals surface area contributed by atoms with Crippen LogP contribution in [0.3, 0.4) is 0 Å². The van der Waals surface area contributed by atoms with Crippen LogP contribution in [-0.2, 0) is 11.2 Å². The van der Waals surface area contributed by atoms with Crippen LogP contribution in [0.2, 0.25) is 10.0 Å². The zero-order chi connectivity index (χ0) is 15.7. The number of nitrogens with one attached hydrogen (secondary N) is 2. The van der Waals surface area contributed by atoms with Crippen molar-refractivity contribution in [2.45, 2.75) is 12.8 Å². The summed E-state index contributed by atoms with van der Waals surface area (Å²) in [7, 11) is 0. The number of hydrogen-bond acceptors (Lipinski definition) is 2. The van der Waals surface area contributed by atoms with E-state index in [1.54, 1.807) is 36.4 Å². The Hall–Kier alpha value is -2.04. The molecule has 2 N–H and O–H groups in total. The van der Waals surface area contributed by atoms with Gasteiger partial charge in [0.1, 0.15) is 0 Å². The number of halogens is 2. The van der Waals surface area contributed by atoms with E-state index in [1.165, 1.54) is 0 Å². The van der Waals surface area contributed by atoms with E-state index in [0.29, 0.717) is 34.1 Å². The van der Waals surface area contributed by atoms with Crippen LogP contribution in [0.5, 0.6) is 0 Å². The molecule has 0 aliphatic carbocycles. The number of hydrogen-bond donors (Lipinski definition) is 2. The first-order chi connectivity index (χ1) is 10.5. The maximum absolute atomic E-state index is 12.3. The summed E-state index contributed by atoms with van der Waals surface area (Å²) in [5, 5.41) is 6.21. The van der Waals surface area contributed by atoms with Gasteiger partial charge in [-0.05, 0) is 42.3 Å². The predicted octanol–water partition coefficient (Wildman–Crippen LogP) is 4.13. The van der Waals surface area contributed by atoms with Gasteiger partial charge >= 0.3 is 0 Å². The molecule has 0 bridgehead atoms. The summed E-state index contributed by atoms with van der Waals surface area (Å²) < 4.78 is 0. The Morgan fingerprint density at radius 1 is 1.14 bits per heavy atom. The first-order valence-electron chi connectivity index (χ1n) is 6.73. The third-order valence-electron chi connectivity index (χ3n) is 3.46. The van der Waals surface area contributed by atoms with Gasteiger partial charge in [0, 0.05) is 17.7 Å². The number of carbonyl (C=O) groups excluding carboxylic acids is 2. The molecule has 2 aromatic rings. The molecule has 2 aromatic carbocycles. The van der Waals surface area contributed by atoms with Crippen molar-refractivity contribution in [2.75, 3.05) is 10.6 Å². The first kappa shape index (κ1) is 14.9. The van der Waals surface area contributed by atoms with Crippen LogP contribution in [-0.4, -0.2) is 11.8 Å². The molecule has 0 radical (unpaired) electrons. The highest BCUT2D eigenvalue weighted by atomic mass is 35.5. The fourth-order valence-electron chi connectivity index (χ4n) is 2.32. The largest absolute Gasteiger partial charge is 0.326 e. The molecule has 3 rings (SSSR count). The van der Waals surface area contributed by atoms with E-state index in [9.17, 15) is 9.59 Å². The van der Waals surface area contributed by atoms with Gasteiger partial charge in [-0.1, -0.05) is 29.3 Å². The van der Waals surface area contributed by atoms with Gasteiger partial charge in [0.25, 0.3) is 5.91 Å². The van der Waals surface area contributed by atoms with Crippen molar-refractivity contribution in [1.82, 2.24) is 0 Å². The molecule has 2 amide bonds. The van der Waals surface area contributed by atoms with Crippen molar-refractivity contribution < 1.29 is 9.59 Å². The van der Waals surface area contributed by atoms with Gasteiger partial charge in [0.05, 0.1) is 15.7 Å². The minimum Gasteiger partial charge on any atom is -0.326 e. The summed E-state index contributed by atoms with van der Waals surface area (Å²) in [5.74, 6) is -0.278. The van der Waals surface area contributed by atoms with Gasteiger partial charge in [-0.15, -0.1) is 0 Å². The lowest BCUT2D eigenvalue weighted by atomic mass is 10.00. The standard InChI is InChI=1S/C16H12Cl2N2O2/c17-11-2-1-3-13(15(11)18)20-16(22)10-4-6-12-9(8-10)5-7-14(21)19-12/h1-4,6,8H,5,7H2,(H,19,21)(H,20,22). The normalized spacial score (nSPS) is 13.3. The number of amides is 2. The summed E-state index contributed by atoms with van der Waals surface area (Å²) >= 11 is 12.0. The molecule has 6 heteroatoms. The third-order valence-corrected chi connectivity index (χ3v) is 4.28. The predicted molar refractivity (Wildman–Crippen MR) is 87.8 cm³/mol. The molecule has 0 fully saturated rings. The maximum atomic E-state index is 12.3. The highest BCUT2D eigenvalue weighted by Gasteiger charge is 2.17. The Kier molecular flexibility index (Phi) is 4.05. The molecular weight excluding hydrogens is 323 g/mol. The van der Waals surface area contributed by atoms with Crippen molar-refractivity contribution in [3.05, 3.63) is 57.6 Å². The average Bonchev–Trinajstić information content (AvgIpc) is 2.51. The van der Waals surface area contributed by atoms with Gasteiger partial charge in [0.2, 0.25) is 5.91 Å². The lowest BCUT2D eigenvalue weighted by Gasteiger charge is -2.17. The monoisotopic (exact) mass is 334 g/mol. The summed E-state index contributed by atoms with van der Waals surface area (Å²) in [6, 6.07) is 10.2. The van der Waals surface area contributed by atoms with Crippen molar-refractivity contribution in [3.63, 3.8) is 0 Å². The summed E-state index contributed by atoms with van der Waals surface area (Å²) in [4.78, 5) is 23.7. The minimum atomic E-state index is -0.274. The summed E-state index contributed by atoms with van der Waals surface area (Å²) in [6.45, 7) is 0. The quantitative estimate of drug-likeness (QED) is 0.867. The van der Waals surface area contributed by atoms with Gasteiger partial charge in [-0.3, -0.25) is 9.59 Å². The van der Waals surface area contributed by atoms with Crippen molar-refractivity contribution in [2.24, 2.45) is 0 Å². The fourth-order valence-corrected chi connectivity index (χ4v) is 2.67. The van der Waals surface area contributed by atoms with Gasteiger partial charge in [-0.2, -0.15) is 0 Å². The number of anilines is 2. The molecule has 0 saturated carbocycles. The van der Waals surface area contributed by atoms with Crippen LogP contribution in [0.25, 0.3) is 0 Å². The third kappa shape index (κ3) is 2.93. The molecular formula is C16H12Cl2N2O2. The zero-order valence-electron chi connectivity index (χ0n) is 11.5. The lowest BCUT2D eigenvalue weighted by molar-refractivity contribution is -0.116. The van der Waals surface area contributed by atoms with Crippen molar-refractivity contribution in [3.8, 4) is 0 Å². The number of rotatable bonds is 2. The van der Waals surface area contributed by atoms with E-state index in [0.717, 1.165) is 11.3 Å². The molecule has 112 valence electrons. The molecule has 22 heavy (non-hydrogen) atoms. The topological polar surface area (TPSA) is 58.2 Å². The fraction of sp³-hybridized carbons (Fsp3) is 0.125. The zero-order valence-corrected chi connectivity index (χ0v) is 13.0. The van der Waals surface area contributed by atoms with E-state index >= 15 is 0 Å². The molecule has 0 saturated heterocycles. The summed E-state index contributed by atoms with van der Waals surface area (Å²) in [5.41, 5.74) is 2.68. The number of aryl methyl sites for hydroxylation is 1. The number of fused-ring (bicyclic) bond motifs is 1. The maximum Gasteiger partial charge on any atom is 0.255 e. The Balaban J connectivity index is 1.84. The van der Waals surface area contributed by atoms with Crippen LogP contribution in [0.1, 0.15) is 22.3 Å². The second-order valence-corrected chi connectivity index (χ2v) is 5.76. The van der Waals surface area contributed by atoms with Crippen LogP contribution in [0.15, 0.2) is 36.4 Å². The molecule has 0 spiro atoms. The SMILES string of the molecule is O=C1CCc2cc(C(=O)Nc3cccc(Cl)c3Cl)ccc2N1. The molecule has 0 atom stereocenters. The lowest BCUT2D eigenvalue weighted by Crippen LogP contribution is -2.20. The summed E-state index contributed by atoms with van der Waals surface area (Å²) in [6.07, 6.45) is 1.05. The van der Waals surface area contributed by atoms with E-state index in [4.69, 9.17) is 23.2 Å². The Morgan fingerprint density at radius 3 is 2.77 bits per heavy atom. The molecule has 1 aliphatic heterocycles. The van der Waals surface area contributed by atoms with Gasteiger partial charge in [0.15, 0.2) is 0 Å². The van der Waals surface area contributed by atoms with Crippen LogP contribution in [0.4, 0.5) is 11.4 Å². The Labute approximate surface area is 137 Å². The molecule has 1 heterocycles. The number of carbonyl (C=O) groups is 2. The minimum absolute atomic E-state index is 0.00425. The van der Waals surface area contributed by atoms with Crippen molar-refractivity contribution >= 4 is 46.4 Å². The van der Waals surface area contributed by atoms with E-state index in [1.807, 2.05) is 0 Å². The van der Waals surface area contributed by atoms with Gasteiger partial charge in [-0.25, -0.2) is 0 Å². The first-order valence-corrected chi connectivity index (χ1v) is 7.48. The van der Waals surface area contributed by atoms with E-state index < -0.39 is 0 Å². The van der Waals surface area contributed by atoms with Crippen molar-refractivity contribution in [1.29, 1.82) is 0 Å². The van der Waals surface area contributed by atoms with Crippen LogP contribution < -0.4 is 10.6 Å². The second-order valence-electron chi connectivity index (χ2n) is 4.98. The van der Waals surface area contributed by atoms with Crippen LogP contribution in [0, 0.1) is 0 Å². The molecule has 4 nitrogen and oxygen atoms in total.